The Morgan fingerprint density at radius 2 is 1.92 bits per heavy atom. The van der Waals surface area contributed by atoms with Crippen LogP contribution in [-0.2, 0) is 4.79 Å². The van der Waals surface area contributed by atoms with Crippen molar-refractivity contribution in [1.29, 1.82) is 0 Å². The zero-order valence-electron chi connectivity index (χ0n) is 8.60. The quantitative estimate of drug-likeness (QED) is 0.691. The van der Waals surface area contributed by atoms with Crippen LogP contribution in [0.15, 0.2) is 0 Å². The van der Waals surface area contributed by atoms with Crippen LogP contribution in [-0.4, -0.2) is 10.7 Å². The largest absolute Gasteiger partial charge is 0.300 e. The van der Waals surface area contributed by atoms with Crippen LogP contribution >= 0.6 is 11.9 Å². The van der Waals surface area contributed by atoms with Gasteiger partial charge in [-0.25, -0.2) is 0 Å². The van der Waals surface area contributed by atoms with E-state index in [1.165, 1.54) is 11.9 Å². The fraction of sp³-hybridized carbons (Fsp3) is 0.889. The summed E-state index contributed by atoms with van der Waals surface area (Å²) in [6.07, 6.45) is 0.614. The van der Waals surface area contributed by atoms with E-state index in [-0.39, 0.29) is 10.7 Å². The minimum absolute atomic E-state index is 0.104. The van der Waals surface area contributed by atoms with Gasteiger partial charge in [0, 0.05) is 11.2 Å². The molecule has 0 rings (SSSR count). The van der Waals surface area contributed by atoms with Crippen molar-refractivity contribution in [2.45, 2.75) is 45.8 Å². The molecular formula is C9H19NOS. The summed E-state index contributed by atoms with van der Waals surface area (Å²) in [5.41, 5.74) is 0. The monoisotopic (exact) mass is 189 g/mol. The van der Waals surface area contributed by atoms with E-state index < -0.39 is 0 Å². The van der Waals surface area contributed by atoms with Gasteiger partial charge in [-0.2, -0.15) is 0 Å². The Morgan fingerprint density at radius 3 is 2.25 bits per heavy atom. The third-order valence-corrected chi connectivity index (χ3v) is 2.01. The van der Waals surface area contributed by atoms with Crippen LogP contribution in [0.1, 0.15) is 41.0 Å². The standard InChI is InChI=1S/C9H19NOS/c1-7(2)6-8(11)10-12-9(3,4)5/h7H,6H2,1-5H3,(H,10,11). The van der Waals surface area contributed by atoms with Gasteiger partial charge in [0.05, 0.1) is 0 Å². The van der Waals surface area contributed by atoms with E-state index in [0.29, 0.717) is 12.3 Å². The molecule has 0 aliphatic heterocycles. The summed E-state index contributed by atoms with van der Waals surface area (Å²) in [5.74, 6) is 0.565. The van der Waals surface area contributed by atoms with Gasteiger partial charge in [-0.3, -0.25) is 9.52 Å². The fourth-order valence-corrected chi connectivity index (χ4v) is 1.13. The normalized spacial score (nSPS) is 11.8. The smallest absolute Gasteiger partial charge is 0.230 e. The second-order valence-corrected chi connectivity index (χ2v) is 5.97. The van der Waals surface area contributed by atoms with Crippen molar-refractivity contribution in [2.24, 2.45) is 5.92 Å². The lowest BCUT2D eigenvalue weighted by molar-refractivity contribution is -0.119. The molecule has 1 amide bonds. The van der Waals surface area contributed by atoms with Crippen molar-refractivity contribution in [3.8, 4) is 0 Å². The summed E-state index contributed by atoms with van der Waals surface area (Å²) >= 11 is 1.48. The topological polar surface area (TPSA) is 29.1 Å². The van der Waals surface area contributed by atoms with E-state index in [9.17, 15) is 4.79 Å². The van der Waals surface area contributed by atoms with Crippen LogP contribution in [0, 0.1) is 5.92 Å². The van der Waals surface area contributed by atoms with Gasteiger partial charge in [-0.05, 0) is 38.6 Å². The van der Waals surface area contributed by atoms with Gasteiger partial charge in [0.1, 0.15) is 0 Å². The van der Waals surface area contributed by atoms with Crippen LogP contribution in [0.4, 0.5) is 0 Å². The van der Waals surface area contributed by atoms with E-state index >= 15 is 0 Å². The lowest BCUT2D eigenvalue weighted by Crippen LogP contribution is -2.23. The third-order valence-electron chi connectivity index (χ3n) is 1.06. The molecule has 0 saturated heterocycles. The molecule has 0 aliphatic rings. The molecule has 3 heteroatoms. The highest BCUT2D eigenvalue weighted by Gasteiger charge is 2.13. The van der Waals surface area contributed by atoms with Gasteiger partial charge in [0.25, 0.3) is 0 Å². The molecule has 0 fully saturated rings. The molecule has 72 valence electrons. The average molecular weight is 189 g/mol. The SMILES string of the molecule is CC(C)CC(=O)NSC(C)(C)C. The molecule has 0 saturated carbocycles. The van der Waals surface area contributed by atoms with Crippen LogP contribution in [0.25, 0.3) is 0 Å². The Balaban J connectivity index is 3.58. The van der Waals surface area contributed by atoms with Gasteiger partial charge in [-0.1, -0.05) is 13.8 Å². The first-order valence-corrected chi connectivity index (χ1v) is 5.10. The number of amides is 1. The Hall–Kier alpha value is -0.180. The molecule has 0 aromatic carbocycles. The first kappa shape index (κ1) is 11.8. The molecule has 0 bridgehead atoms. The summed E-state index contributed by atoms with van der Waals surface area (Å²) in [5, 5.41) is 0. The number of hydrogen-bond donors (Lipinski definition) is 1. The van der Waals surface area contributed by atoms with Crippen molar-refractivity contribution < 1.29 is 4.79 Å². The predicted molar refractivity (Wildman–Crippen MR) is 54.9 cm³/mol. The molecule has 0 heterocycles. The summed E-state index contributed by atoms with van der Waals surface area (Å²) in [7, 11) is 0. The minimum Gasteiger partial charge on any atom is -0.300 e. The molecule has 12 heavy (non-hydrogen) atoms. The number of nitrogens with one attached hydrogen (secondary N) is 1. The summed E-state index contributed by atoms with van der Waals surface area (Å²) in [4.78, 5) is 11.2. The van der Waals surface area contributed by atoms with Crippen molar-refractivity contribution in [3.05, 3.63) is 0 Å². The van der Waals surface area contributed by atoms with Gasteiger partial charge in [0.2, 0.25) is 5.91 Å². The molecular weight excluding hydrogens is 170 g/mol. The maximum Gasteiger partial charge on any atom is 0.230 e. The number of hydrogen-bond acceptors (Lipinski definition) is 2. The number of rotatable bonds is 3. The zero-order chi connectivity index (χ0) is 9.78. The molecule has 0 unspecified atom stereocenters. The molecule has 0 radical (unpaired) electrons. The fourth-order valence-electron chi connectivity index (χ4n) is 0.622. The first-order chi connectivity index (χ1) is 5.31. The summed E-state index contributed by atoms with van der Waals surface area (Å²) in [6, 6.07) is 0. The van der Waals surface area contributed by atoms with Crippen molar-refractivity contribution in [2.75, 3.05) is 0 Å². The van der Waals surface area contributed by atoms with Gasteiger partial charge >= 0.3 is 0 Å². The maximum atomic E-state index is 11.2. The van der Waals surface area contributed by atoms with Gasteiger partial charge < -0.3 is 0 Å². The van der Waals surface area contributed by atoms with Crippen molar-refractivity contribution in [1.82, 2.24) is 4.72 Å². The molecule has 0 spiro atoms. The zero-order valence-corrected chi connectivity index (χ0v) is 9.42. The van der Waals surface area contributed by atoms with Gasteiger partial charge in [-0.15, -0.1) is 0 Å². The second kappa shape index (κ2) is 4.75. The molecule has 0 atom stereocenters. The average Bonchev–Trinajstić information content (AvgIpc) is 1.80. The van der Waals surface area contributed by atoms with Crippen LogP contribution in [0.2, 0.25) is 0 Å². The molecule has 0 aromatic heterocycles. The first-order valence-electron chi connectivity index (χ1n) is 4.28. The Morgan fingerprint density at radius 1 is 1.42 bits per heavy atom. The van der Waals surface area contributed by atoms with Crippen LogP contribution in [0.3, 0.4) is 0 Å². The molecule has 1 N–H and O–H groups in total. The highest BCUT2D eigenvalue weighted by Crippen LogP contribution is 2.19. The lowest BCUT2D eigenvalue weighted by Gasteiger charge is -2.17. The molecule has 2 nitrogen and oxygen atoms in total. The Kier molecular flexibility index (Phi) is 4.68. The second-order valence-electron chi connectivity index (χ2n) is 4.34. The van der Waals surface area contributed by atoms with E-state index in [2.05, 4.69) is 25.5 Å². The molecule has 0 aliphatic carbocycles. The maximum absolute atomic E-state index is 11.2. The van der Waals surface area contributed by atoms with Gasteiger partial charge in [0.15, 0.2) is 0 Å². The number of carbonyl (C=O) groups excluding carboxylic acids is 1. The van der Waals surface area contributed by atoms with E-state index in [1.54, 1.807) is 0 Å². The molecule has 0 aromatic rings. The van der Waals surface area contributed by atoms with Crippen molar-refractivity contribution in [3.63, 3.8) is 0 Å². The van der Waals surface area contributed by atoms with E-state index in [1.807, 2.05) is 13.8 Å². The van der Waals surface area contributed by atoms with E-state index in [4.69, 9.17) is 0 Å². The Bertz CT molecular complexity index is 149. The van der Waals surface area contributed by atoms with Crippen LogP contribution in [0.5, 0.6) is 0 Å². The highest BCUT2D eigenvalue weighted by molar-refractivity contribution is 7.99. The lowest BCUT2D eigenvalue weighted by atomic mass is 10.1. The summed E-state index contributed by atoms with van der Waals surface area (Å²) in [6.45, 7) is 10.3. The minimum atomic E-state index is 0.104. The van der Waals surface area contributed by atoms with E-state index in [0.717, 1.165) is 0 Å². The van der Waals surface area contributed by atoms with Crippen molar-refractivity contribution >= 4 is 17.9 Å². The Labute approximate surface area is 79.6 Å². The predicted octanol–water partition coefficient (Wildman–Crippen LogP) is 2.60. The third kappa shape index (κ3) is 7.92. The van der Waals surface area contributed by atoms with Crippen LogP contribution < -0.4 is 4.72 Å². The highest BCUT2D eigenvalue weighted by atomic mass is 32.2. The summed E-state index contributed by atoms with van der Waals surface area (Å²) < 4.78 is 2.94. The number of carbonyl (C=O) groups is 1.